The topological polar surface area (TPSA) is 90.6 Å². The first-order valence-electron chi connectivity index (χ1n) is 6.46. The SMILES string of the molecule is CNC(=O)OC(C)(C)C.COC(=O)c1cc(C)ccc1N. The van der Waals surface area contributed by atoms with Crippen molar-refractivity contribution in [2.75, 3.05) is 19.9 Å². The number of carbonyl (C=O) groups is 2. The van der Waals surface area contributed by atoms with Gasteiger partial charge in [0.05, 0.1) is 12.7 Å². The molecule has 0 fully saturated rings. The highest BCUT2D eigenvalue weighted by Gasteiger charge is 2.14. The second kappa shape index (κ2) is 8.14. The molecular formula is C15H24N2O4. The molecule has 0 aliphatic heterocycles. The number of hydrogen-bond donors (Lipinski definition) is 2. The number of hydrogen-bond acceptors (Lipinski definition) is 5. The Morgan fingerprint density at radius 1 is 1.24 bits per heavy atom. The molecule has 6 heteroatoms. The van der Waals surface area contributed by atoms with Gasteiger partial charge in [-0.3, -0.25) is 0 Å². The predicted octanol–water partition coefficient (Wildman–Crippen LogP) is 2.50. The minimum atomic E-state index is -0.392. The summed E-state index contributed by atoms with van der Waals surface area (Å²) in [5, 5.41) is 2.36. The first kappa shape index (κ1) is 18.8. The number of benzene rings is 1. The summed E-state index contributed by atoms with van der Waals surface area (Å²) >= 11 is 0. The average Bonchev–Trinajstić information content (AvgIpc) is 2.39. The summed E-state index contributed by atoms with van der Waals surface area (Å²) in [6.07, 6.45) is -0.387. The van der Waals surface area contributed by atoms with Gasteiger partial charge in [-0.2, -0.15) is 0 Å². The number of nitrogens with two attached hydrogens (primary N) is 1. The van der Waals surface area contributed by atoms with Gasteiger partial charge in [-0.15, -0.1) is 0 Å². The van der Waals surface area contributed by atoms with E-state index in [0.717, 1.165) is 5.56 Å². The van der Waals surface area contributed by atoms with Crippen LogP contribution in [0.25, 0.3) is 0 Å². The number of alkyl carbamates (subject to hydrolysis) is 1. The van der Waals surface area contributed by atoms with Gasteiger partial charge in [0.25, 0.3) is 0 Å². The minimum absolute atomic E-state index is 0.387. The number of methoxy groups -OCH3 is 1. The lowest BCUT2D eigenvalue weighted by molar-refractivity contribution is 0.0540. The number of anilines is 1. The molecule has 6 nitrogen and oxygen atoms in total. The van der Waals surface area contributed by atoms with Gasteiger partial charge in [0.2, 0.25) is 0 Å². The van der Waals surface area contributed by atoms with Crippen LogP contribution in [0.5, 0.6) is 0 Å². The summed E-state index contributed by atoms with van der Waals surface area (Å²) in [5.41, 5.74) is 7.05. The molecule has 0 bridgehead atoms. The zero-order chi connectivity index (χ0) is 16.6. The summed E-state index contributed by atoms with van der Waals surface area (Å²) in [6, 6.07) is 5.25. The molecular weight excluding hydrogens is 272 g/mol. The van der Waals surface area contributed by atoms with E-state index in [1.165, 1.54) is 14.2 Å². The van der Waals surface area contributed by atoms with E-state index in [1.54, 1.807) is 12.1 Å². The van der Waals surface area contributed by atoms with Crippen molar-refractivity contribution in [3.63, 3.8) is 0 Å². The molecule has 1 amide bonds. The van der Waals surface area contributed by atoms with Crippen molar-refractivity contribution in [3.8, 4) is 0 Å². The molecule has 0 saturated heterocycles. The van der Waals surface area contributed by atoms with Crippen molar-refractivity contribution in [2.24, 2.45) is 0 Å². The first-order chi connectivity index (χ1) is 9.60. The van der Waals surface area contributed by atoms with Crippen LogP contribution in [0.4, 0.5) is 10.5 Å². The summed E-state index contributed by atoms with van der Waals surface area (Å²) < 4.78 is 9.39. The highest BCUT2D eigenvalue weighted by atomic mass is 16.6. The number of rotatable bonds is 1. The highest BCUT2D eigenvalue weighted by Crippen LogP contribution is 2.14. The lowest BCUT2D eigenvalue weighted by Crippen LogP contribution is -2.30. The number of amides is 1. The molecule has 0 aliphatic carbocycles. The van der Waals surface area contributed by atoms with Crippen molar-refractivity contribution in [1.82, 2.24) is 5.32 Å². The van der Waals surface area contributed by atoms with Crippen LogP contribution >= 0.6 is 0 Å². The maximum absolute atomic E-state index is 11.1. The van der Waals surface area contributed by atoms with Crippen LogP contribution in [-0.4, -0.2) is 31.8 Å². The van der Waals surface area contributed by atoms with Crippen LogP contribution in [0.15, 0.2) is 18.2 Å². The van der Waals surface area contributed by atoms with Crippen molar-refractivity contribution in [3.05, 3.63) is 29.3 Å². The van der Waals surface area contributed by atoms with E-state index < -0.39 is 5.97 Å². The van der Waals surface area contributed by atoms with Crippen molar-refractivity contribution < 1.29 is 19.1 Å². The maximum Gasteiger partial charge on any atom is 0.407 e. The predicted molar refractivity (Wildman–Crippen MR) is 82.2 cm³/mol. The monoisotopic (exact) mass is 296 g/mol. The van der Waals surface area contributed by atoms with E-state index in [-0.39, 0.29) is 11.7 Å². The number of carbonyl (C=O) groups excluding carboxylic acids is 2. The highest BCUT2D eigenvalue weighted by molar-refractivity contribution is 5.95. The smallest absolute Gasteiger partial charge is 0.407 e. The Balaban J connectivity index is 0.000000400. The second-order valence-corrected chi connectivity index (χ2v) is 5.33. The fraction of sp³-hybridized carbons (Fsp3) is 0.467. The third kappa shape index (κ3) is 7.81. The Morgan fingerprint density at radius 3 is 2.19 bits per heavy atom. The molecule has 118 valence electrons. The molecule has 0 spiro atoms. The normalized spacial score (nSPS) is 10.0. The van der Waals surface area contributed by atoms with Crippen LogP contribution in [0.1, 0.15) is 36.7 Å². The summed E-state index contributed by atoms with van der Waals surface area (Å²) in [7, 11) is 2.87. The zero-order valence-electron chi connectivity index (χ0n) is 13.4. The van der Waals surface area contributed by atoms with Crippen LogP contribution in [0, 0.1) is 6.92 Å². The molecule has 3 N–H and O–H groups in total. The quantitative estimate of drug-likeness (QED) is 0.614. The Labute approximate surface area is 125 Å². The molecule has 0 saturated carbocycles. The number of nitrogens with one attached hydrogen (secondary N) is 1. The van der Waals surface area contributed by atoms with E-state index in [4.69, 9.17) is 10.5 Å². The zero-order valence-corrected chi connectivity index (χ0v) is 13.4. The number of esters is 1. The number of aryl methyl sites for hydroxylation is 1. The van der Waals surface area contributed by atoms with Crippen molar-refractivity contribution in [1.29, 1.82) is 0 Å². The molecule has 1 aromatic rings. The summed E-state index contributed by atoms with van der Waals surface area (Å²) in [4.78, 5) is 21.6. The molecule has 1 aromatic carbocycles. The van der Waals surface area contributed by atoms with Gasteiger partial charge in [-0.05, 0) is 39.8 Å². The van der Waals surface area contributed by atoms with E-state index in [2.05, 4.69) is 10.1 Å². The molecule has 0 aliphatic rings. The molecule has 0 aromatic heterocycles. The number of ether oxygens (including phenoxy) is 2. The third-order valence-corrected chi connectivity index (χ3v) is 2.22. The van der Waals surface area contributed by atoms with Crippen LogP contribution in [-0.2, 0) is 9.47 Å². The van der Waals surface area contributed by atoms with Gasteiger partial charge < -0.3 is 20.5 Å². The number of nitrogen functional groups attached to an aromatic ring is 1. The molecule has 21 heavy (non-hydrogen) atoms. The van der Waals surface area contributed by atoms with Gasteiger partial charge in [-0.1, -0.05) is 11.6 Å². The van der Waals surface area contributed by atoms with Gasteiger partial charge in [0, 0.05) is 12.7 Å². The van der Waals surface area contributed by atoms with Crippen LogP contribution in [0.2, 0.25) is 0 Å². The standard InChI is InChI=1S/C9H11NO2.C6H13NO2/c1-6-3-4-8(10)7(5-6)9(11)12-2;1-6(2,3)9-5(8)7-4/h3-5H,10H2,1-2H3;1-4H3,(H,7,8). The molecule has 0 heterocycles. The fourth-order valence-electron chi connectivity index (χ4n) is 1.29. The Kier molecular flexibility index (Phi) is 7.27. The van der Waals surface area contributed by atoms with E-state index in [9.17, 15) is 9.59 Å². The Hall–Kier alpha value is -2.24. The van der Waals surface area contributed by atoms with E-state index in [0.29, 0.717) is 11.3 Å². The molecule has 0 atom stereocenters. The van der Waals surface area contributed by atoms with Gasteiger partial charge in [-0.25, -0.2) is 9.59 Å². The van der Waals surface area contributed by atoms with Crippen LogP contribution in [0.3, 0.4) is 0 Å². The van der Waals surface area contributed by atoms with Gasteiger partial charge in [0.1, 0.15) is 5.60 Å². The Morgan fingerprint density at radius 2 is 1.81 bits per heavy atom. The van der Waals surface area contributed by atoms with Crippen LogP contribution < -0.4 is 11.1 Å². The summed E-state index contributed by atoms with van der Waals surface area (Å²) in [6.45, 7) is 7.36. The minimum Gasteiger partial charge on any atom is -0.465 e. The summed E-state index contributed by atoms with van der Waals surface area (Å²) in [5.74, 6) is -0.392. The lowest BCUT2D eigenvalue weighted by atomic mass is 10.1. The fourth-order valence-corrected chi connectivity index (χ4v) is 1.29. The van der Waals surface area contributed by atoms with Crippen molar-refractivity contribution >= 4 is 17.7 Å². The molecule has 0 unspecified atom stereocenters. The van der Waals surface area contributed by atoms with Gasteiger partial charge in [0.15, 0.2) is 0 Å². The van der Waals surface area contributed by atoms with E-state index >= 15 is 0 Å². The van der Waals surface area contributed by atoms with Crippen molar-refractivity contribution in [2.45, 2.75) is 33.3 Å². The molecule has 1 rings (SSSR count). The lowest BCUT2D eigenvalue weighted by Gasteiger charge is -2.18. The largest absolute Gasteiger partial charge is 0.465 e. The Bertz CT molecular complexity index is 493. The van der Waals surface area contributed by atoms with Gasteiger partial charge >= 0.3 is 12.1 Å². The second-order valence-electron chi connectivity index (χ2n) is 5.33. The average molecular weight is 296 g/mol. The maximum atomic E-state index is 11.1. The molecule has 0 radical (unpaired) electrons. The van der Waals surface area contributed by atoms with E-state index in [1.807, 2.05) is 33.8 Å². The first-order valence-corrected chi connectivity index (χ1v) is 6.46. The third-order valence-electron chi connectivity index (χ3n) is 2.22.